The number of benzene rings is 10. The molecule has 0 radical (unpaired) electrons. The van der Waals surface area contributed by atoms with Crippen LogP contribution >= 0.6 is 0 Å². The average molecular weight is 847 g/mol. The van der Waals surface area contributed by atoms with Gasteiger partial charge in [0, 0.05) is 33.4 Å². The van der Waals surface area contributed by atoms with Gasteiger partial charge in [-0.2, -0.15) is 0 Å². The predicted molar refractivity (Wildman–Crippen MR) is 269 cm³/mol. The van der Waals surface area contributed by atoms with Crippen molar-refractivity contribution in [1.29, 1.82) is 0 Å². The Hall–Kier alpha value is -8.79. The fraction of sp³-hybridized carbons (Fsp3) is 0. The smallest absolute Gasteiger partial charge is 0.193 e. The number of hydrogen-bond acceptors (Lipinski definition) is 3. The maximum absolute atomic E-state index is 14.0. The Morgan fingerprint density at radius 1 is 0.197 bits per heavy atom. The first-order chi connectivity index (χ1) is 32.5. The van der Waals surface area contributed by atoms with Gasteiger partial charge in [0.1, 0.15) is 0 Å². The molecule has 0 aliphatic heterocycles. The summed E-state index contributed by atoms with van der Waals surface area (Å²) in [6, 6.07) is 82.9. The Morgan fingerprint density at radius 2 is 0.424 bits per heavy atom. The lowest BCUT2D eigenvalue weighted by molar-refractivity contribution is 0.103. The van der Waals surface area contributed by atoms with Crippen LogP contribution in [0, 0.1) is 0 Å². The lowest BCUT2D eigenvalue weighted by Crippen LogP contribution is -2.03. The van der Waals surface area contributed by atoms with E-state index in [0.29, 0.717) is 33.4 Å². The van der Waals surface area contributed by atoms with Crippen LogP contribution in [0.4, 0.5) is 0 Å². The maximum atomic E-state index is 14.0. The van der Waals surface area contributed by atoms with Crippen LogP contribution in [0.1, 0.15) is 47.8 Å². The zero-order chi connectivity index (χ0) is 44.8. The van der Waals surface area contributed by atoms with Crippen LogP contribution in [0.15, 0.2) is 255 Å². The minimum atomic E-state index is -0.0440. The second-order valence-electron chi connectivity index (χ2n) is 16.3. The zero-order valence-electron chi connectivity index (χ0n) is 36.0. The SMILES string of the molecule is O=C(c1ccc(-c2cc(-c3ccc(C(=O)c4ccccc4-c4ccccc4)cc3)cc(-c3ccc(C(=O)c4ccccc4-c4ccccc4)cc3)c2)cc1)c1ccccc1-c1ccccc1. The minimum absolute atomic E-state index is 0.0440. The summed E-state index contributed by atoms with van der Waals surface area (Å²) >= 11 is 0. The standard InChI is InChI=1S/C63H42O3/c64-61(58-25-13-10-22-55(58)46-16-4-1-5-17-46)49-34-28-43(29-35-49)52-40-53(44-30-36-50(37-31-44)62(65)59-26-14-11-23-56(59)47-18-6-2-7-19-47)42-54(41-52)45-32-38-51(39-33-45)63(66)60-27-15-12-24-57(60)48-20-8-3-9-21-48/h1-42H. The van der Waals surface area contributed by atoms with Gasteiger partial charge >= 0.3 is 0 Å². The van der Waals surface area contributed by atoms with Crippen molar-refractivity contribution in [3.63, 3.8) is 0 Å². The van der Waals surface area contributed by atoms with E-state index in [9.17, 15) is 14.4 Å². The molecule has 10 rings (SSSR count). The maximum Gasteiger partial charge on any atom is 0.193 e. The van der Waals surface area contributed by atoms with Crippen molar-refractivity contribution >= 4 is 17.3 Å². The monoisotopic (exact) mass is 846 g/mol. The minimum Gasteiger partial charge on any atom is -0.289 e. The van der Waals surface area contributed by atoms with E-state index in [1.54, 1.807) is 0 Å². The van der Waals surface area contributed by atoms with E-state index in [1.165, 1.54) is 0 Å². The molecule has 0 heterocycles. The Balaban J connectivity index is 0.998. The Kier molecular flexibility index (Phi) is 11.6. The highest BCUT2D eigenvalue weighted by molar-refractivity contribution is 6.14. The molecular weight excluding hydrogens is 805 g/mol. The van der Waals surface area contributed by atoms with E-state index in [-0.39, 0.29) is 17.3 Å². The summed E-state index contributed by atoms with van der Waals surface area (Å²) in [5.74, 6) is -0.132. The van der Waals surface area contributed by atoms with Crippen LogP contribution in [0.2, 0.25) is 0 Å². The molecule has 10 aromatic carbocycles. The number of rotatable bonds is 12. The molecular formula is C63H42O3. The topological polar surface area (TPSA) is 51.2 Å². The Morgan fingerprint density at radius 3 is 0.682 bits per heavy atom. The number of carbonyl (C=O) groups is 3. The molecule has 0 fully saturated rings. The van der Waals surface area contributed by atoms with Crippen molar-refractivity contribution in [3.05, 3.63) is 288 Å². The summed E-state index contributed by atoms with van der Waals surface area (Å²) in [5, 5.41) is 0. The fourth-order valence-electron chi connectivity index (χ4n) is 8.69. The van der Waals surface area contributed by atoms with Crippen molar-refractivity contribution in [2.45, 2.75) is 0 Å². The first-order valence-corrected chi connectivity index (χ1v) is 22.0. The van der Waals surface area contributed by atoms with Gasteiger partial charge in [0.15, 0.2) is 17.3 Å². The van der Waals surface area contributed by atoms with Gasteiger partial charge < -0.3 is 0 Å². The Labute approximate surface area is 385 Å². The van der Waals surface area contributed by atoms with Gasteiger partial charge in [-0.1, -0.05) is 237 Å². The van der Waals surface area contributed by atoms with Crippen LogP contribution in [0.5, 0.6) is 0 Å². The molecule has 0 aliphatic rings. The van der Waals surface area contributed by atoms with Crippen molar-refractivity contribution in [2.24, 2.45) is 0 Å². The highest BCUT2D eigenvalue weighted by Crippen LogP contribution is 2.36. The van der Waals surface area contributed by atoms with E-state index in [1.807, 2.05) is 237 Å². The van der Waals surface area contributed by atoms with E-state index in [4.69, 9.17) is 0 Å². The third-order valence-electron chi connectivity index (χ3n) is 12.1. The second kappa shape index (κ2) is 18.5. The van der Waals surface area contributed by atoms with E-state index in [0.717, 1.165) is 66.8 Å². The fourth-order valence-corrected chi connectivity index (χ4v) is 8.69. The zero-order valence-corrected chi connectivity index (χ0v) is 36.0. The van der Waals surface area contributed by atoms with E-state index >= 15 is 0 Å². The highest BCUT2D eigenvalue weighted by atomic mass is 16.1. The molecule has 0 saturated heterocycles. The van der Waals surface area contributed by atoms with Crippen LogP contribution in [0.25, 0.3) is 66.8 Å². The molecule has 312 valence electrons. The molecule has 10 aromatic rings. The first-order valence-electron chi connectivity index (χ1n) is 22.0. The number of ketones is 3. The molecule has 0 aromatic heterocycles. The van der Waals surface area contributed by atoms with Crippen molar-refractivity contribution < 1.29 is 14.4 Å². The third-order valence-corrected chi connectivity index (χ3v) is 12.1. The van der Waals surface area contributed by atoms with Gasteiger partial charge in [0.2, 0.25) is 0 Å². The van der Waals surface area contributed by atoms with Gasteiger partial charge in [-0.3, -0.25) is 14.4 Å². The lowest BCUT2D eigenvalue weighted by atomic mass is 9.90. The van der Waals surface area contributed by atoms with Crippen LogP contribution in [-0.2, 0) is 0 Å². The molecule has 3 nitrogen and oxygen atoms in total. The van der Waals surface area contributed by atoms with Crippen molar-refractivity contribution in [3.8, 4) is 66.8 Å². The largest absolute Gasteiger partial charge is 0.289 e. The van der Waals surface area contributed by atoms with Crippen molar-refractivity contribution in [1.82, 2.24) is 0 Å². The predicted octanol–water partition coefficient (Wildman–Crippen LogP) is 15.4. The molecule has 0 unspecified atom stereocenters. The molecule has 0 saturated carbocycles. The summed E-state index contributed by atoms with van der Waals surface area (Å²) < 4.78 is 0. The molecule has 0 N–H and O–H groups in total. The van der Waals surface area contributed by atoms with Crippen LogP contribution in [-0.4, -0.2) is 17.3 Å². The molecule has 0 aliphatic carbocycles. The second-order valence-corrected chi connectivity index (χ2v) is 16.3. The number of hydrogen-bond donors (Lipinski definition) is 0. The van der Waals surface area contributed by atoms with Crippen LogP contribution in [0.3, 0.4) is 0 Å². The van der Waals surface area contributed by atoms with Gasteiger partial charge in [0.05, 0.1) is 0 Å². The highest BCUT2D eigenvalue weighted by Gasteiger charge is 2.19. The summed E-state index contributed by atoms with van der Waals surface area (Å²) in [7, 11) is 0. The first kappa shape index (κ1) is 41.2. The Bertz CT molecular complexity index is 2980. The van der Waals surface area contributed by atoms with Gasteiger partial charge in [-0.15, -0.1) is 0 Å². The van der Waals surface area contributed by atoms with E-state index < -0.39 is 0 Å². The summed E-state index contributed by atoms with van der Waals surface area (Å²) in [6.07, 6.45) is 0. The molecule has 0 spiro atoms. The summed E-state index contributed by atoms with van der Waals surface area (Å²) in [4.78, 5) is 42.1. The molecule has 66 heavy (non-hydrogen) atoms. The third kappa shape index (κ3) is 8.49. The average Bonchev–Trinajstić information content (AvgIpc) is 3.41. The molecule has 0 bridgehead atoms. The normalized spacial score (nSPS) is 10.9. The lowest BCUT2D eigenvalue weighted by Gasteiger charge is -2.14. The van der Waals surface area contributed by atoms with Gasteiger partial charge in [-0.25, -0.2) is 0 Å². The van der Waals surface area contributed by atoms with E-state index in [2.05, 4.69) is 18.2 Å². The summed E-state index contributed by atoms with van der Waals surface area (Å²) in [6.45, 7) is 0. The quantitative estimate of drug-likeness (QED) is 0.115. The summed E-state index contributed by atoms with van der Waals surface area (Å²) in [5.41, 5.74) is 15.1. The number of carbonyl (C=O) groups excluding carboxylic acids is 3. The van der Waals surface area contributed by atoms with Gasteiger partial charge in [0.25, 0.3) is 0 Å². The van der Waals surface area contributed by atoms with Gasteiger partial charge in [-0.05, 0) is 85.0 Å². The van der Waals surface area contributed by atoms with Crippen molar-refractivity contribution in [2.75, 3.05) is 0 Å². The van der Waals surface area contributed by atoms with Crippen LogP contribution < -0.4 is 0 Å². The molecule has 3 heteroatoms. The molecule has 0 atom stereocenters. The molecule has 0 amide bonds.